The molecule has 5 heteroatoms. The molecule has 0 spiro atoms. The van der Waals surface area contributed by atoms with Gasteiger partial charge >= 0.3 is 6.09 Å². The largest absolute Gasteiger partial charge is 0.453 e. The third-order valence-electron chi connectivity index (χ3n) is 1.79. The van der Waals surface area contributed by atoms with Crippen molar-refractivity contribution in [1.29, 1.82) is 0 Å². The van der Waals surface area contributed by atoms with E-state index in [4.69, 9.17) is 0 Å². The van der Waals surface area contributed by atoms with Gasteiger partial charge in [0, 0.05) is 0 Å². The fourth-order valence-electron chi connectivity index (χ4n) is 1.15. The quantitative estimate of drug-likeness (QED) is 0.566. The smallest absolute Gasteiger partial charge is 0.413 e. The van der Waals surface area contributed by atoms with Crippen LogP contribution in [0.1, 0.15) is 12.8 Å². The summed E-state index contributed by atoms with van der Waals surface area (Å²) in [5.74, 6) is -0.306. The van der Waals surface area contributed by atoms with Crippen LogP contribution in [0.25, 0.3) is 0 Å². The number of rotatable bonds is 1. The number of hydrogen-bond donors (Lipinski definition) is 2. The van der Waals surface area contributed by atoms with Crippen molar-refractivity contribution in [2.24, 2.45) is 0 Å². The molecule has 2 N–H and O–H groups in total. The first-order chi connectivity index (χ1) is 5.74. The number of carbonyl (C=O) groups excluding carboxylic acids is 2. The van der Waals surface area contributed by atoms with Crippen LogP contribution in [0.2, 0.25) is 0 Å². The van der Waals surface area contributed by atoms with Crippen LogP contribution in [0, 0.1) is 0 Å². The summed E-state index contributed by atoms with van der Waals surface area (Å²) in [5, 5.41) is 5.07. The van der Waals surface area contributed by atoms with E-state index in [1.54, 1.807) is 0 Å². The lowest BCUT2D eigenvalue weighted by molar-refractivity contribution is -0.122. The van der Waals surface area contributed by atoms with E-state index in [1.807, 2.05) is 0 Å². The van der Waals surface area contributed by atoms with E-state index in [1.165, 1.54) is 7.11 Å². The van der Waals surface area contributed by atoms with Crippen molar-refractivity contribution >= 4 is 12.0 Å². The first kappa shape index (κ1) is 8.99. The van der Waals surface area contributed by atoms with Crippen molar-refractivity contribution in [3.63, 3.8) is 0 Å². The summed E-state index contributed by atoms with van der Waals surface area (Å²) in [7, 11) is 1.23. The molecule has 0 saturated carbocycles. The first-order valence-corrected chi connectivity index (χ1v) is 3.86. The number of carbonyl (C=O) groups is 2. The van der Waals surface area contributed by atoms with Gasteiger partial charge in [-0.1, -0.05) is 0 Å². The summed E-state index contributed by atoms with van der Waals surface area (Å²) in [6.07, 6.45) is 1.05. The molecule has 1 saturated heterocycles. The van der Waals surface area contributed by atoms with Crippen LogP contribution in [0.4, 0.5) is 4.79 Å². The van der Waals surface area contributed by atoms with E-state index in [0.717, 1.165) is 19.4 Å². The van der Waals surface area contributed by atoms with Crippen LogP contribution < -0.4 is 10.6 Å². The van der Waals surface area contributed by atoms with Gasteiger partial charge in [-0.05, 0) is 19.4 Å². The van der Waals surface area contributed by atoms with Gasteiger partial charge in [0.25, 0.3) is 0 Å². The van der Waals surface area contributed by atoms with Crippen molar-refractivity contribution in [2.75, 3.05) is 13.7 Å². The van der Waals surface area contributed by atoms with Crippen LogP contribution in [0.3, 0.4) is 0 Å². The van der Waals surface area contributed by atoms with Gasteiger partial charge in [-0.3, -0.25) is 10.1 Å². The molecule has 68 valence electrons. The molecule has 1 fully saturated rings. The number of ether oxygens (including phenoxy) is 1. The molecule has 1 aliphatic rings. The minimum Gasteiger partial charge on any atom is -0.453 e. The Morgan fingerprint density at radius 2 is 2.33 bits per heavy atom. The Kier molecular flexibility index (Phi) is 3.04. The molecule has 1 aliphatic heterocycles. The SMILES string of the molecule is COC(=O)NC(=O)[C@@H]1CCCN1. The van der Waals surface area contributed by atoms with E-state index >= 15 is 0 Å². The number of hydrogen-bond acceptors (Lipinski definition) is 4. The number of alkyl carbamates (subject to hydrolysis) is 1. The maximum absolute atomic E-state index is 11.1. The van der Waals surface area contributed by atoms with E-state index in [9.17, 15) is 9.59 Å². The fraction of sp³-hybridized carbons (Fsp3) is 0.714. The maximum Gasteiger partial charge on any atom is 0.413 e. The highest BCUT2D eigenvalue weighted by atomic mass is 16.5. The third kappa shape index (κ3) is 2.20. The van der Waals surface area contributed by atoms with Crippen LogP contribution in [-0.4, -0.2) is 31.7 Å². The van der Waals surface area contributed by atoms with Gasteiger partial charge in [-0.25, -0.2) is 4.79 Å². The van der Waals surface area contributed by atoms with Gasteiger partial charge < -0.3 is 10.1 Å². The molecule has 0 aromatic carbocycles. The minimum atomic E-state index is -0.700. The van der Waals surface area contributed by atoms with Gasteiger partial charge in [-0.15, -0.1) is 0 Å². The lowest BCUT2D eigenvalue weighted by Crippen LogP contribution is -2.43. The number of amides is 2. The van der Waals surface area contributed by atoms with Crippen molar-refractivity contribution in [1.82, 2.24) is 10.6 Å². The van der Waals surface area contributed by atoms with Gasteiger partial charge in [0.1, 0.15) is 0 Å². The Labute approximate surface area is 70.5 Å². The average Bonchev–Trinajstić information content (AvgIpc) is 2.56. The molecule has 0 aromatic heterocycles. The Bertz CT molecular complexity index is 187. The Morgan fingerprint density at radius 3 is 2.83 bits per heavy atom. The molecule has 0 bridgehead atoms. The highest BCUT2D eigenvalue weighted by Crippen LogP contribution is 2.04. The molecule has 12 heavy (non-hydrogen) atoms. The normalized spacial score (nSPS) is 21.9. The van der Waals surface area contributed by atoms with Crippen LogP contribution >= 0.6 is 0 Å². The number of imide groups is 1. The molecule has 1 heterocycles. The Balaban J connectivity index is 2.32. The van der Waals surface area contributed by atoms with Crippen molar-refractivity contribution in [3.8, 4) is 0 Å². The molecule has 5 nitrogen and oxygen atoms in total. The summed E-state index contributed by atoms with van der Waals surface area (Å²) < 4.78 is 4.28. The molecule has 0 aromatic rings. The lowest BCUT2D eigenvalue weighted by Gasteiger charge is -2.08. The fourth-order valence-corrected chi connectivity index (χ4v) is 1.15. The third-order valence-corrected chi connectivity index (χ3v) is 1.79. The average molecular weight is 172 g/mol. The zero-order chi connectivity index (χ0) is 8.97. The highest BCUT2D eigenvalue weighted by Gasteiger charge is 2.23. The van der Waals surface area contributed by atoms with Gasteiger partial charge in [0.05, 0.1) is 13.2 Å². The summed E-state index contributed by atoms with van der Waals surface area (Å²) in [5.41, 5.74) is 0. The molecular formula is C7H12N2O3. The minimum absolute atomic E-state index is 0.232. The highest BCUT2D eigenvalue weighted by molar-refractivity contribution is 5.94. The van der Waals surface area contributed by atoms with Gasteiger partial charge in [0.15, 0.2) is 0 Å². The second-order valence-electron chi connectivity index (χ2n) is 2.63. The predicted molar refractivity (Wildman–Crippen MR) is 41.6 cm³/mol. The second-order valence-corrected chi connectivity index (χ2v) is 2.63. The van der Waals surface area contributed by atoms with E-state index in [0.29, 0.717) is 0 Å². The van der Waals surface area contributed by atoms with Crippen molar-refractivity contribution < 1.29 is 14.3 Å². The van der Waals surface area contributed by atoms with Crippen molar-refractivity contribution in [3.05, 3.63) is 0 Å². The number of nitrogens with one attached hydrogen (secondary N) is 2. The lowest BCUT2D eigenvalue weighted by atomic mass is 10.2. The predicted octanol–water partition coefficient (Wildman–Crippen LogP) is -0.379. The first-order valence-electron chi connectivity index (χ1n) is 3.86. The molecule has 2 amide bonds. The van der Waals surface area contributed by atoms with Crippen LogP contribution in [-0.2, 0) is 9.53 Å². The summed E-state index contributed by atoms with van der Waals surface area (Å²) in [6, 6.07) is -0.232. The molecule has 0 aliphatic carbocycles. The molecule has 1 atom stereocenters. The van der Waals surface area contributed by atoms with E-state index in [2.05, 4.69) is 15.4 Å². The van der Waals surface area contributed by atoms with E-state index < -0.39 is 6.09 Å². The van der Waals surface area contributed by atoms with Crippen LogP contribution in [0.15, 0.2) is 0 Å². The second kappa shape index (κ2) is 4.06. The molecule has 1 rings (SSSR count). The topological polar surface area (TPSA) is 67.4 Å². The van der Waals surface area contributed by atoms with Gasteiger partial charge in [0.2, 0.25) is 5.91 Å². The van der Waals surface area contributed by atoms with Crippen LogP contribution in [0.5, 0.6) is 0 Å². The Hall–Kier alpha value is -1.10. The molecule has 0 unspecified atom stereocenters. The summed E-state index contributed by atoms with van der Waals surface area (Å²) >= 11 is 0. The molecule has 0 radical (unpaired) electrons. The van der Waals surface area contributed by atoms with Crippen molar-refractivity contribution in [2.45, 2.75) is 18.9 Å². The number of methoxy groups -OCH3 is 1. The maximum atomic E-state index is 11.1. The Morgan fingerprint density at radius 1 is 1.58 bits per heavy atom. The van der Waals surface area contributed by atoms with E-state index in [-0.39, 0.29) is 11.9 Å². The summed E-state index contributed by atoms with van der Waals surface area (Å²) in [4.78, 5) is 21.7. The zero-order valence-electron chi connectivity index (χ0n) is 6.92. The standard InChI is InChI=1S/C7H12N2O3/c1-12-7(11)9-6(10)5-3-2-4-8-5/h5,8H,2-4H2,1H3,(H,9,10,11)/t5-/m0/s1. The molecular weight excluding hydrogens is 160 g/mol. The van der Waals surface area contributed by atoms with Gasteiger partial charge in [-0.2, -0.15) is 0 Å². The summed E-state index contributed by atoms with van der Waals surface area (Å²) in [6.45, 7) is 0.833. The monoisotopic (exact) mass is 172 g/mol. The zero-order valence-corrected chi connectivity index (χ0v) is 6.92.